The molecule has 2 aliphatic rings. The molecule has 1 fully saturated rings. The normalized spacial score (nSPS) is 19.7. The molecule has 184 valence electrons. The molecule has 0 saturated carbocycles. The van der Waals surface area contributed by atoms with Gasteiger partial charge in [-0.15, -0.1) is 11.8 Å². The number of hydrogen-bond donors (Lipinski definition) is 2. The van der Waals surface area contributed by atoms with Gasteiger partial charge in [0.25, 0.3) is 5.91 Å². The molecule has 1 saturated heterocycles. The highest BCUT2D eigenvalue weighted by molar-refractivity contribution is 8.00. The Labute approximate surface area is 208 Å². The van der Waals surface area contributed by atoms with Crippen LogP contribution in [0.2, 0.25) is 0 Å². The molecule has 0 aromatic heterocycles. The maximum Gasteiger partial charge on any atom is 0.408 e. The van der Waals surface area contributed by atoms with Crippen molar-refractivity contribution in [3.63, 3.8) is 0 Å². The van der Waals surface area contributed by atoms with Crippen molar-refractivity contribution in [1.82, 2.24) is 10.2 Å². The largest absolute Gasteiger partial charge is 0.448 e. The highest BCUT2D eigenvalue weighted by atomic mass is 32.2. The SMILES string of the molecule is CC(C)(C)OC(=O)N[C@@H]1C(=O)N2C(C(=O)OC(c3ccccc3)c3ccccc3)=C(CO)CS[C@H]12. The zero-order valence-corrected chi connectivity index (χ0v) is 20.6. The number of rotatable bonds is 6. The second-order valence-electron chi connectivity index (χ2n) is 9.25. The summed E-state index contributed by atoms with van der Waals surface area (Å²) >= 11 is 1.36. The molecule has 2 N–H and O–H groups in total. The van der Waals surface area contributed by atoms with Gasteiger partial charge in [-0.25, -0.2) is 9.59 Å². The number of β-lactam (4-membered cyclic amide) rings is 1. The van der Waals surface area contributed by atoms with Crippen molar-refractivity contribution < 1.29 is 29.0 Å². The van der Waals surface area contributed by atoms with E-state index in [-0.39, 0.29) is 12.3 Å². The summed E-state index contributed by atoms with van der Waals surface area (Å²) in [5.41, 5.74) is 1.28. The van der Waals surface area contributed by atoms with Gasteiger partial charge in [-0.05, 0) is 37.5 Å². The van der Waals surface area contributed by atoms with E-state index in [0.717, 1.165) is 11.1 Å². The number of carbonyl (C=O) groups is 3. The number of fused-ring (bicyclic) bond motifs is 1. The Bertz CT molecular complexity index is 1090. The standard InChI is InChI=1S/C26H28N2O6S/c1-26(2,3)34-25(32)27-19-22(30)28-20(18(14-29)15-35-23(19)28)24(31)33-21(16-10-6-4-7-11-16)17-12-8-5-9-13-17/h4-13,19,21,23,29H,14-15H2,1-3H3,(H,27,32)/t19-,23-/m1/s1. The first-order valence-corrected chi connectivity index (χ1v) is 12.3. The number of carbonyl (C=O) groups excluding carboxylic acids is 3. The zero-order chi connectivity index (χ0) is 25.2. The number of benzene rings is 2. The first-order valence-electron chi connectivity index (χ1n) is 11.3. The molecule has 0 aliphatic carbocycles. The molecule has 8 nitrogen and oxygen atoms in total. The lowest BCUT2D eigenvalue weighted by Gasteiger charge is -2.49. The van der Waals surface area contributed by atoms with Gasteiger partial charge in [-0.1, -0.05) is 60.7 Å². The lowest BCUT2D eigenvalue weighted by atomic mass is 10.0. The van der Waals surface area contributed by atoms with E-state index in [9.17, 15) is 19.5 Å². The fraction of sp³-hybridized carbons (Fsp3) is 0.346. The third-order valence-corrected chi connectivity index (χ3v) is 6.87. The number of nitrogens with zero attached hydrogens (tertiary/aromatic N) is 1. The number of alkyl carbamates (subject to hydrolysis) is 1. The van der Waals surface area contributed by atoms with Crippen molar-refractivity contribution in [2.75, 3.05) is 12.4 Å². The van der Waals surface area contributed by atoms with E-state index < -0.39 is 41.1 Å². The number of ether oxygens (including phenoxy) is 2. The van der Waals surface area contributed by atoms with Crippen LogP contribution in [0, 0.1) is 0 Å². The Hall–Kier alpha value is -3.30. The Morgan fingerprint density at radius 3 is 2.17 bits per heavy atom. The Morgan fingerprint density at radius 1 is 1.09 bits per heavy atom. The quantitative estimate of drug-likeness (QED) is 0.467. The molecule has 0 radical (unpaired) electrons. The van der Waals surface area contributed by atoms with Crippen LogP contribution in [0.15, 0.2) is 71.9 Å². The average molecular weight is 497 g/mol. The van der Waals surface area contributed by atoms with Gasteiger partial charge < -0.3 is 19.9 Å². The van der Waals surface area contributed by atoms with Gasteiger partial charge in [0.05, 0.1) is 6.61 Å². The van der Waals surface area contributed by atoms with Gasteiger partial charge in [0.2, 0.25) is 0 Å². The van der Waals surface area contributed by atoms with Crippen molar-refractivity contribution in [1.29, 1.82) is 0 Å². The number of esters is 1. The molecular weight excluding hydrogens is 468 g/mol. The maximum atomic E-state index is 13.5. The second kappa shape index (κ2) is 10.1. The first-order chi connectivity index (χ1) is 16.7. The van der Waals surface area contributed by atoms with Crippen LogP contribution in [0.4, 0.5) is 4.79 Å². The molecule has 2 aromatic carbocycles. The number of amides is 2. The van der Waals surface area contributed by atoms with Crippen LogP contribution in [0.25, 0.3) is 0 Å². The van der Waals surface area contributed by atoms with Crippen molar-refractivity contribution in [3.8, 4) is 0 Å². The summed E-state index contributed by atoms with van der Waals surface area (Å²) in [5.74, 6) is -0.841. The van der Waals surface area contributed by atoms with Crippen molar-refractivity contribution in [3.05, 3.63) is 83.1 Å². The van der Waals surface area contributed by atoms with Gasteiger partial charge >= 0.3 is 12.1 Å². The molecule has 0 bridgehead atoms. The predicted molar refractivity (Wildman–Crippen MR) is 131 cm³/mol. The van der Waals surface area contributed by atoms with Crippen molar-refractivity contribution in [2.24, 2.45) is 0 Å². The number of aliphatic hydroxyl groups is 1. The summed E-state index contributed by atoms with van der Waals surface area (Å²) in [6.45, 7) is 4.81. The van der Waals surface area contributed by atoms with Crippen molar-refractivity contribution >= 4 is 29.7 Å². The third-order valence-electron chi connectivity index (χ3n) is 5.53. The van der Waals surface area contributed by atoms with Crippen molar-refractivity contribution in [2.45, 2.75) is 43.9 Å². The lowest BCUT2D eigenvalue weighted by Crippen LogP contribution is -2.70. The molecule has 2 amide bonds. The molecule has 2 aliphatic heterocycles. The van der Waals surface area contributed by atoms with Crippen LogP contribution >= 0.6 is 11.8 Å². The van der Waals surface area contributed by atoms with Gasteiger partial charge in [0.15, 0.2) is 6.10 Å². The topological polar surface area (TPSA) is 105 Å². The smallest absolute Gasteiger partial charge is 0.408 e. The van der Waals surface area contributed by atoms with Crippen LogP contribution < -0.4 is 5.32 Å². The fourth-order valence-corrected chi connectivity index (χ4v) is 5.31. The lowest BCUT2D eigenvalue weighted by molar-refractivity contribution is -0.153. The van der Waals surface area contributed by atoms with Crippen LogP contribution in [-0.2, 0) is 19.1 Å². The minimum atomic E-state index is -0.836. The van der Waals surface area contributed by atoms with E-state index in [0.29, 0.717) is 11.3 Å². The molecule has 35 heavy (non-hydrogen) atoms. The molecule has 0 unspecified atom stereocenters. The molecule has 2 atom stereocenters. The Morgan fingerprint density at radius 2 is 1.66 bits per heavy atom. The summed E-state index contributed by atoms with van der Waals surface area (Å²) in [6.07, 6.45) is -1.40. The molecule has 2 heterocycles. The van der Waals surface area contributed by atoms with E-state index in [2.05, 4.69) is 5.32 Å². The van der Waals surface area contributed by atoms with Crippen LogP contribution in [0.1, 0.15) is 38.0 Å². The highest BCUT2D eigenvalue weighted by Gasteiger charge is 2.55. The average Bonchev–Trinajstić information content (AvgIpc) is 2.84. The van der Waals surface area contributed by atoms with E-state index in [1.807, 2.05) is 60.7 Å². The molecule has 0 spiro atoms. The summed E-state index contributed by atoms with van der Waals surface area (Å²) in [5, 5.41) is 12.0. The zero-order valence-electron chi connectivity index (χ0n) is 19.8. The Kier molecular flexibility index (Phi) is 7.18. The predicted octanol–water partition coefficient (Wildman–Crippen LogP) is 3.37. The highest BCUT2D eigenvalue weighted by Crippen LogP contribution is 2.41. The fourth-order valence-electron chi connectivity index (χ4n) is 3.97. The Balaban J connectivity index is 1.57. The number of aliphatic hydroxyl groups excluding tert-OH is 1. The number of thioether (sulfide) groups is 1. The summed E-state index contributed by atoms with van der Waals surface area (Å²) in [7, 11) is 0. The maximum absolute atomic E-state index is 13.5. The van der Waals surface area contributed by atoms with E-state index >= 15 is 0 Å². The number of hydrogen-bond acceptors (Lipinski definition) is 7. The minimum absolute atomic E-state index is 0.0281. The van der Waals surface area contributed by atoms with Gasteiger partial charge in [0.1, 0.15) is 22.7 Å². The van der Waals surface area contributed by atoms with E-state index in [4.69, 9.17) is 9.47 Å². The molecule has 4 rings (SSSR count). The van der Waals surface area contributed by atoms with Gasteiger partial charge in [-0.3, -0.25) is 9.69 Å². The van der Waals surface area contributed by atoms with E-state index in [1.165, 1.54) is 16.7 Å². The molecule has 2 aromatic rings. The molecular formula is C26H28N2O6S. The summed E-state index contributed by atoms with van der Waals surface area (Å²) in [4.78, 5) is 40.0. The monoisotopic (exact) mass is 496 g/mol. The summed E-state index contributed by atoms with van der Waals surface area (Å²) < 4.78 is 11.2. The molecule has 9 heteroatoms. The van der Waals surface area contributed by atoms with Gasteiger partial charge in [0, 0.05) is 5.75 Å². The van der Waals surface area contributed by atoms with Crippen LogP contribution in [-0.4, -0.2) is 57.4 Å². The van der Waals surface area contributed by atoms with E-state index in [1.54, 1.807) is 20.8 Å². The number of nitrogens with one attached hydrogen (secondary N) is 1. The van der Waals surface area contributed by atoms with Gasteiger partial charge in [-0.2, -0.15) is 0 Å². The minimum Gasteiger partial charge on any atom is -0.448 e. The third kappa shape index (κ3) is 5.36. The van der Waals surface area contributed by atoms with Crippen LogP contribution in [0.5, 0.6) is 0 Å². The van der Waals surface area contributed by atoms with Crippen LogP contribution in [0.3, 0.4) is 0 Å². The second-order valence-corrected chi connectivity index (χ2v) is 10.4. The summed E-state index contributed by atoms with van der Waals surface area (Å²) in [6, 6.07) is 17.8. The first kappa shape index (κ1) is 24.8.